The van der Waals surface area contributed by atoms with Crippen LogP contribution < -0.4 is 0 Å². The Labute approximate surface area is 98.1 Å². The highest BCUT2D eigenvalue weighted by molar-refractivity contribution is 5.25. The first-order valence-electron chi connectivity index (χ1n) is 6.17. The van der Waals surface area contributed by atoms with E-state index in [2.05, 4.69) is 18.8 Å². The molecule has 0 spiro atoms. The standard InChI is InChI=1S/C14H22F2/c1-4-6-7-8-9-10-11-13(15)14(16)12(3)5-2/h12H,4-9H2,1-3H3/b14-13+. The molecule has 0 N–H and O–H groups in total. The molecule has 0 aliphatic heterocycles. The molecule has 0 rings (SSSR count). The Hall–Kier alpha value is -0.840. The molecule has 0 aromatic carbocycles. The number of hydrogen-bond acceptors (Lipinski definition) is 0. The third kappa shape index (κ3) is 6.61. The molecule has 1 unspecified atom stereocenters. The molecule has 2 heteroatoms. The van der Waals surface area contributed by atoms with Gasteiger partial charge in [-0.25, -0.2) is 4.39 Å². The summed E-state index contributed by atoms with van der Waals surface area (Å²) >= 11 is 0. The van der Waals surface area contributed by atoms with Gasteiger partial charge in [-0.15, -0.1) is 0 Å². The van der Waals surface area contributed by atoms with Crippen LogP contribution in [0.2, 0.25) is 0 Å². The molecule has 0 aromatic rings. The van der Waals surface area contributed by atoms with Gasteiger partial charge < -0.3 is 0 Å². The minimum absolute atomic E-state index is 0.366. The van der Waals surface area contributed by atoms with Crippen LogP contribution >= 0.6 is 0 Å². The van der Waals surface area contributed by atoms with E-state index in [-0.39, 0.29) is 5.92 Å². The van der Waals surface area contributed by atoms with E-state index >= 15 is 0 Å². The van der Waals surface area contributed by atoms with Crippen molar-refractivity contribution in [2.24, 2.45) is 5.92 Å². The Morgan fingerprint density at radius 3 is 2.38 bits per heavy atom. The van der Waals surface area contributed by atoms with Crippen LogP contribution in [0.5, 0.6) is 0 Å². The molecule has 92 valence electrons. The summed E-state index contributed by atoms with van der Waals surface area (Å²) in [5.41, 5.74) is 0. The maximum Gasteiger partial charge on any atom is 0.204 e. The Bertz CT molecular complexity index is 268. The SMILES string of the molecule is CCCCCCC#C/C(F)=C(\F)C(C)CC. The van der Waals surface area contributed by atoms with Crippen LogP contribution in [0, 0.1) is 17.8 Å². The predicted octanol–water partition coefficient (Wildman–Crippen LogP) is 5.16. The van der Waals surface area contributed by atoms with Gasteiger partial charge in [-0.2, -0.15) is 4.39 Å². The third-order valence-electron chi connectivity index (χ3n) is 2.61. The highest BCUT2D eigenvalue weighted by atomic mass is 19.2. The zero-order valence-electron chi connectivity index (χ0n) is 10.6. The molecule has 0 bridgehead atoms. The van der Waals surface area contributed by atoms with Crippen LogP contribution in [0.15, 0.2) is 11.7 Å². The van der Waals surface area contributed by atoms with Crippen molar-refractivity contribution in [2.75, 3.05) is 0 Å². The summed E-state index contributed by atoms with van der Waals surface area (Å²) < 4.78 is 26.4. The quantitative estimate of drug-likeness (QED) is 0.435. The van der Waals surface area contributed by atoms with Crippen LogP contribution in [0.4, 0.5) is 8.78 Å². The molecular formula is C14H22F2. The lowest BCUT2D eigenvalue weighted by Gasteiger charge is -2.03. The minimum atomic E-state index is -0.884. The van der Waals surface area contributed by atoms with Crippen LogP contribution in [-0.2, 0) is 0 Å². The van der Waals surface area contributed by atoms with Gasteiger partial charge in [-0.1, -0.05) is 46.0 Å². The highest BCUT2D eigenvalue weighted by Crippen LogP contribution is 2.20. The average Bonchev–Trinajstić information content (AvgIpc) is 2.31. The number of allylic oxidation sites excluding steroid dienone is 2. The van der Waals surface area contributed by atoms with Crippen molar-refractivity contribution in [3.8, 4) is 11.8 Å². The van der Waals surface area contributed by atoms with Gasteiger partial charge in [0.05, 0.1) is 0 Å². The molecule has 0 aromatic heterocycles. The first-order chi connectivity index (χ1) is 7.63. The highest BCUT2D eigenvalue weighted by Gasteiger charge is 2.10. The van der Waals surface area contributed by atoms with Crippen molar-refractivity contribution >= 4 is 0 Å². The van der Waals surface area contributed by atoms with Crippen LogP contribution in [0.3, 0.4) is 0 Å². The van der Waals surface area contributed by atoms with Gasteiger partial charge in [-0.05, 0) is 18.8 Å². The van der Waals surface area contributed by atoms with Crippen molar-refractivity contribution in [2.45, 2.75) is 59.3 Å². The van der Waals surface area contributed by atoms with Gasteiger partial charge in [0.2, 0.25) is 5.83 Å². The molecule has 0 amide bonds. The summed E-state index contributed by atoms with van der Waals surface area (Å²) in [5.74, 6) is 2.99. The van der Waals surface area contributed by atoms with Crippen molar-refractivity contribution in [3.63, 3.8) is 0 Å². The minimum Gasteiger partial charge on any atom is -0.208 e. The largest absolute Gasteiger partial charge is 0.208 e. The summed E-state index contributed by atoms with van der Waals surface area (Å²) in [6.07, 6.45) is 5.69. The van der Waals surface area contributed by atoms with Crippen molar-refractivity contribution in [3.05, 3.63) is 11.7 Å². The van der Waals surface area contributed by atoms with Gasteiger partial charge in [0, 0.05) is 12.3 Å². The lowest BCUT2D eigenvalue weighted by atomic mass is 10.1. The van der Waals surface area contributed by atoms with Crippen LogP contribution in [0.25, 0.3) is 0 Å². The fourth-order valence-electron chi connectivity index (χ4n) is 1.24. The summed E-state index contributed by atoms with van der Waals surface area (Å²) in [4.78, 5) is 0. The molecular weight excluding hydrogens is 206 g/mol. The van der Waals surface area contributed by atoms with E-state index in [1.54, 1.807) is 6.92 Å². The monoisotopic (exact) mass is 228 g/mol. The molecule has 0 aliphatic rings. The third-order valence-corrected chi connectivity index (χ3v) is 2.61. The molecule has 16 heavy (non-hydrogen) atoms. The predicted molar refractivity (Wildman–Crippen MR) is 65.2 cm³/mol. The van der Waals surface area contributed by atoms with Crippen molar-refractivity contribution in [1.82, 2.24) is 0 Å². The maximum absolute atomic E-state index is 13.2. The zero-order valence-corrected chi connectivity index (χ0v) is 10.6. The van der Waals surface area contributed by atoms with Gasteiger partial charge in [-0.3, -0.25) is 0 Å². The Kier molecular flexibility index (Phi) is 8.90. The fraction of sp³-hybridized carbons (Fsp3) is 0.714. The van der Waals surface area contributed by atoms with Gasteiger partial charge in [0.1, 0.15) is 5.83 Å². The smallest absolute Gasteiger partial charge is 0.204 e. The van der Waals surface area contributed by atoms with Crippen LogP contribution in [0.1, 0.15) is 59.3 Å². The Morgan fingerprint density at radius 2 is 1.81 bits per heavy atom. The summed E-state index contributed by atoms with van der Waals surface area (Å²) in [5, 5.41) is 0. The second-order valence-corrected chi connectivity index (χ2v) is 4.08. The van der Waals surface area contributed by atoms with Gasteiger partial charge >= 0.3 is 0 Å². The number of hydrogen-bond donors (Lipinski definition) is 0. The topological polar surface area (TPSA) is 0 Å². The van der Waals surface area contributed by atoms with E-state index in [0.717, 1.165) is 12.8 Å². The Morgan fingerprint density at radius 1 is 1.12 bits per heavy atom. The molecule has 0 aliphatic carbocycles. The van der Waals surface area contributed by atoms with E-state index in [4.69, 9.17) is 0 Å². The lowest BCUT2D eigenvalue weighted by Crippen LogP contribution is -1.94. The fourth-order valence-corrected chi connectivity index (χ4v) is 1.24. The Balaban J connectivity index is 4.02. The number of unbranched alkanes of at least 4 members (excludes halogenated alkanes) is 4. The molecule has 0 saturated carbocycles. The summed E-state index contributed by atoms with van der Waals surface area (Å²) in [6, 6.07) is 0. The zero-order chi connectivity index (χ0) is 12.4. The molecule has 0 nitrogen and oxygen atoms in total. The van der Waals surface area contributed by atoms with E-state index < -0.39 is 11.7 Å². The second-order valence-electron chi connectivity index (χ2n) is 4.08. The first kappa shape index (κ1) is 15.2. The molecule has 0 heterocycles. The molecule has 1 atom stereocenters. The van der Waals surface area contributed by atoms with Crippen LogP contribution in [-0.4, -0.2) is 0 Å². The van der Waals surface area contributed by atoms with Crippen molar-refractivity contribution < 1.29 is 8.78 Å². The molecule has 0 fully saturated rings. The van der Waals surface area contributed by atoms with E-state index in [1.807, 2.05) is 6.92 Å². The molecule has 0 radical (unpaired) electrons. The maximum atomic E-state index is 13.2. The normalized spacial score (nSPS) is 13.8. The van der Waals surface area contributed by atoms with Gasteiger partial charge in [0.25, 0.3) is 0 Å². The van der Waals surface area contributed by atoms with Gasteiger partial charge in [0.15, 0.2) is 0 Å². The van der Waals surface area contributed by atoms with E-state index in [1.165, 1.54) is 12.8 Å². The first-order valence-corrected chi connectivity index (χ1v) is 6.17. The summed E-state index contributed by atoms with van der Waals surface area (Å²) in [7, 11) is 0. The second kappa shape index (κ2) is 9.39. The summed E-state index contributed by atoms with van der Waals surface area (Å²) in [6.45, 7) is 5.63. The molecule has 0 saturated heterocycles. The number of halogens is 2. The van der Waals surface area contributed by atoms with Crippen molar-refractivity contribution in [1.29, 1.82) is 0 Å². The number of rotatable bonds is 6. The van der Waals surface area contributed by atoms with E-state index in [9.17, 15) is 8.78 Å². The van der Waals surface area contributed by atoms with E-state index in [0.29, 0.717) is 12.8 Å². The average molecular weight is 228 g/mol. The lowest BCUT2D eigenvalue weighted by molar-refractivity contribution is 0.447.